The highest BCUT2D eigenvalue weighted by atomic mass is 19.3. The van der Waals surface area contributed by atoms with Gasteiger partial charge >= 0.3 is 6.11 Å². The zero-order valence-corrected chi connectivity index (χ0v) is 20.5. The Hall–Kier alpha value is -2.58. The minimum Gasteiger partial charge on any atom is -0.491 e. The van der Waals surface area contributed by atoms with Gasteiger partial charge in [0.1, 0.15) is 0 Å². The van der Waals surface area contributed by atoms with Crippen LogP contribution in [0, 0.1) is 35.1 Å². The van der Waals surface area contributed by atoms with Crippen LogP contribution in [0.2, 0.25) is 0 Å². The fraction of sp³-hybridized carbons (Fsp3) is 0.556. The molecule has 0 spiro atoms. The van der Waals surface area contributed by atoms with E-state index in [0.29, 0.717) is 5.92 Å². The van der Waals surface area contributed by atoms with Crippen molar-refractivity contribution in [3.05, 3.63) is 53.1 Å². The summed E-state index contributed by atoms with van der Waals surface area (Å²) in [5.74, 6) is -6.34. The fourth-order valence-electron chi connectivity index (χ4n) is 4.53. The predicted octanol–water partition coefficient (Wildman–Crippen LogP) is 8.23. The Morgan fingerprint density at radius 3 is 1.97 bits per heavy atom. The smallest absolute Gasteiger partial charge is 0.398 e. The first kappa shape index (κ1) is 28.0. The van der Waals surface area contributed by atoms with Gasteiger partial charge in [0.15, 0.2) is 23.1 Å². The molecule has 0 unspecified atom stereocenters. The topological polar surface area (TPSA) is 27.7 Å². The molecule has 1 aliphatic rings. The van der Waals surface area contributed by atoms with Crippen molar-refractivity contribution in [1.29, 1.82) is 0 Å². The minimum absolute atomic E-state index is 0.0543. The summed E-state index contributed by atoms with van der Waals surface area (Å²) in [7, 11) is 0. The van der Waals surface area contributed by atoms with Gasteiger partial charge in [-0.2, -0.15) is 22.0 Å². The molecule has 0 amide bonds. The van der Waals surface area contributed by atoms with E-state index in [2.05, 4.69) is 11.7 Å². The Bertz CT molecular complexity index is 1010. The quantitative estimate of drug-likeness (QED) is 0.265. The van der Waals surface area contributed by atoms with E-state index < -0.39 is 53.7 Å². The monoisotopic (exact) mass is 518 g/mol. The van der Waals surface area contributed by atoms with Gasteiger partial charge in [-0.25, -0.2) is 4.39 Å². The van der Waals surface area contributed by atoms with E-state index in [4.69, 9.17) is 9.47 Å². The van der Waals surface area contributed by atoms with Crippen LogP contribution >= 0.6 is 0 Å². The summed E-state index contributed by atoms with van der Waals surface area (Å²) in [6, 6.07) is 4.19. The molecule has 0 aromatic heterocycles. The molecule has 3 nitrogen and oxygen atoms in total. The molecule has 0 bridgehead atoms. The Balaban J connectivity index is 1.56. The molecule has 1 fully saturated rings. The Morgan fingerprint density at radius 1 is 0.750 bits per heavy atom. The molecule has 1 aliphatic carbocycles. The first-order chi connectivity index (χ1) is 17.1. The van der Waals surface area contributed by atoms with Crippen molar-refractivity contribution in [2.75, 3.05) is 13.2 Å². The molecule has 0 N–H and O–H groups in total. The second kappa shape index (κ2) is 12.6. The van der Waals surface area contributed by atoms with E-state index in [1.165, 1.54) is 18.6 Å². The van der Waals surface area contributed by atoms with Crippen molar-refractivity contribution in [1.82, 2.24) is 0 Å². The van der Waals surface area contributed by atoms with E-state index >= 15 is 0 Å². The third kappa shape index (κ3) is 7.23. The molecule has 1 saturated carbocycles. The van der Waals surface area contributed by atoms with Crippen molar-refractivity contribution in [3.63, 3.8) is 0 Å². The lowest BCUT2D eigenvalue weighted by Crippen LogP contribution is -2.26. The third-order valence-electron chi connectivity index (χ3n) is 6.52. The predicted molar refractivity (Wildman–Crippen MR) is 124 cm³/mol. The molecule has 0 atom stereocenters. The van der Waals surface area contributed by atoms with Crippen LogP contribution in [-0.2, 0) is 6.42 Å². The maximum atomic E-state index is 14.5. The first-order valence-electron chi connectivity index (χ1n) is 12.4. The number of ether oxygens (including phenoxy) is 3. The zero-order valence-electron chi connectivity index (χ0n) is 20.5. The van der Waals surface area contributed by atoms with Crippen LogP contribution in [0.15, 0.2) is 24.3 Å². The van der Waals surface area contributed by atoms with Crippen molar-refractivity contribution < 1.29 is 40.6 Å². The number of alkyl halides is 2. The number of halogens is 6. The molecule has 9 heteroatoms. The molecule has 2 aromatic carbocycles. The SMILES string of the molecule is CCCC1CCC(COc2ccc(CCC(F)(F)Oc3ccc(OCC)c(F)c3F)c(F)c2F)CC1. The lowest BCUT2D eigenvalue weighted by Gasteiger charge is -2.28. The van der Waals surface area contributed by atoms with Crippen LogP contribution in [0.25, 0.3) is 0 Å². The maximum Gasteiger partial charge on any atom is 0.398 e. The highest BCUT2D eigenvalue weighted by molar-refractivity contribution is 5.35. The van der Waals surface area contributed by atoms with Crippen LogP contribution in [0.5, 0.6) is 17.2 Å². The number of aryl methyl sites for hydroxylation is 1. The first-order valence-corrected chi connectivity index (χ1v) is 12.4. The van der Waals surface area contributed by atoms with Crippen molar-refractivity contribution in [2.45, 2.75) is 71.3 Å². The zero-order chi connectivity index (χ0) is 26.3. The molecule has 36 heavy (non-hydrogen) atoms. The lowest BCUT2D eigenvalue weighted by atomic mass is 9.80. The molecule has 3 rings (SSSR count). The summed E-state index contributed by atoms with van der Waals surface area (Å²) in [6.45, 7) is 4.03. The van der Waals surface area contributed by atoms with Crippen LogP contribution in [0.3, 0.4) is 0 Å². The van der Waals surface area contributed by atoms with Gasteiger partial charge in [-0.1, -0.05) is 38.7 Å². The average molecular weight is 519 g/mol. The van der Waals surface area contributed by atoms with Crippen LogP contribution in [-0.4, -0.2) is 19.3 Å². The third-order valence-corrected chi connectivity index (χ3v) is 6.52. The van der Waals surface area contributed by atoms with Crippen molar-refractivity contribution in [2.24, 2.45) is 11.8 Å². The van der Waals surface area contributed by atoms with Gasteiger partial charge in [-0.15, -0.1) is 0 Å². The molecular weight excluding hydrogens is 486 g/mol. The summed E-state index contributed by atoms with van der Waals surface area (Å²) in [4.78, 5) is 0. The van der Waals surface area contributed by atoms with Crippen LogP contribution < -0.4 is 14.2 Å². The minimum atomic E-state index is -3.96. The summed E-state index contributed by atoms with van der Waals surface area (Å²) < 4.78 is 100. The second-order valence-electron chi connectivity index (χ2n) is 9.20. The molecule has 2 aromatic rings. The highest BCUT2D eigenvalue weighted by Gasteiger charge is 2.34. The number of benzene rings is 2. The Kier molecular flexibility index (Phi) is 9.79. The van der Waals surface area contributed by atoms with Gasteiger partial charge in [-0.05, 0) is 61.8 Å². The van der Waals surface area contributed by atoms with E-state index in [0.717, 1.165) is 44.2 Å². The number of hydrogen-bond acceptors (Lipinski definition) is 3. The Morgan fingerprint density at radius 2 is 1.31 bits per heavy atom. The second-order valence-corrected chi connectivity index (χ2v) is 9.20. The van der Waals surface area contributed by atoms with E-state index in [-0.39, 0.29) is 30.4 Å². The van der Waals surface area contributed by atoms with E-state index in [1.54, 1.807) is 6.92 Å². The summed E-state index contributed by atoms with van der Waals surface area (Å²) in [5.41, 5.74) is -0.304. The van der Waals surface area contributed by atoms with Gasteiger partial charge < -0.3 is 14.2 Å². The number of rotatable bonds is 12. The fourth-order valence-corrected chi connectivity index (χ4v) is 4.53. The van der Waals surface area contributed by atoms with Crippen LogP contribution in [0.4, 0.5) is 26.3 Å². The molecule has 200 valence electrons. The molecule has 0 radical (unpaired) electrons. The van der Waals surface area contributed by atoms with E-state index in [1.807, 2.05) is 0 Å². The van der Waals surface area contributed by atoms with Crippen molar-refractivity contribution >= 4 is 0 Å². The summed E-state index contributed by atoms with van der Waals surface area (Å²) in [6.07, 6.45) is 0.846. The normalized spacial score (nSPS) is 18.2. The standard InChI is InChI=1S/C27H32F6O3/c1-3-5-17-6-8-18(9-7-17)16-35-21-11-10-19(23(28)24(21)29)14-15-27(32,33)36-22-13-12-20(34-4-2)25(30)26(22)31/h10-13,17-18H,3-9,14-16H2,1-2H3. The van der Waals surface area contributed by atoms with Crippen molar-refractivity contribution in [3.8, 4) is 17.2 Å². The van der Waals surface area contributed by atoms with Gasteiger partial charge in [-0.3, -0.25) is 0 Å². The molecule has 0 heterocycles. The highest BCUT2D eigenvalue weighted by Crippen LogP contribution is 2.35. The van der Waals surface area contributed by atoms with Crippen LogP contribution in [0.1, 0.15) is 64.4 Å². The average Bonchev–Trinajstić information content (AvgIpc) is 2.85. The number of hydrogen-bond donors (Lipinski definition) is 0. The lowest BCUT2D eigenvalue weighted by molar-refractivity contribution is -0.181. The Labute approximate surface area is 207 Å². The maximum absolute atomic E-state index is 14.5. The van der Waals surface area contributed by atoms with Gasteiger partial charge in [0.05, 0.1) is 19.6 Å². The largest absolute Gasteiger partial charge is 0.491 e. The van der Waals surface area contributed by atoms with Gasteiger partial charge in [0.2, 0.25) is 17.5 Å². The molecule has 0 saturated heterocycles. The molecular formula is C27H32F6O3. The van der Waals surface area contributed by atoms with Gasteiger partial charge in [0, 0.05) is 0 Å². The van der Waals surface area contributed by atoms with Gasteiger partial charge in [0.25, 0.3) is 0 Å². The molecule has 0 aliphatic heterocycles. The summed E-state index contributed by atoms with van der Waals surface area (Å²) in [5, 5.41) is 0. The summed E-state index contributed by atoms with van der Waals surface area (Å²) >= 11 is 0. The van der Waals surface area contributed by atoms with E-state index in [9.17, 15) is 26.3 Å².